The van der Waals surface area contributed by atoms with Crippen molar-refractivity contribution in [2.75, 3.05) is 25.0 Å². The molecule has 0 spiro atoms. The Bertz CT molecular complexity index is 280. The van der Waals surface area contributed by atoms with Crippen molar-refractivity contribution in [2.45, 2.75) is 39.2 Å². The molecule has 1 rings (SSSR count). The van der Waals surface area contributed by atoms with Gasteiger partial charge in [-0.25, -0.2) is 0 Å². The van der Waals surface area contributed by atoms with E-state index in [9.17, 15) is 0 Å². The molecule has 0 saturated heterocycles. The Balaban J connectivity index is 2.19. The number of anilines is 1. The highest BCUT2D eigenvalue weighted by Gasteiger charge is 2.02. The highest BCUT2D eigenvalue weighted by atomic mass is 15.1. The molecule has 0 aliphatic heterocycles. The fourth-order valence-electron chi connectivity index (χ4n) is 2.01. The van der Waals surface area contributed by atoms with Gasteiger partial charge in [-0.2, -0.15) is 0 Å². The summed E-state index contributed by atoms with van der Waals surface area (Å²) in [7, 11) is 2.16. The number of para-hydroxylation sites is 1. The number of hydrogen-bond acceptors (Lipinski definition) is 2. The highest BCUT2D eigenvalue weighted by molar-refractivity contribution is 5.44. The van der Waals surface area contributed by atoms with E-state index in [4.69, 9.17) is 0 Å². The zero-order valence-corrected chi connectivity index (χ0v) is 11.4. The molecule has 1 aromatic carbocycles. The SMILES string of the molecule is CCC(CC)NCCCN(C)c1ccccc1. The van der Waals surface area contributed by atoms with E-state index in [-0.39, 0.29) is 0 Å². The van der Waals surface area contributed by atoms with E-state index in [0.29, 0.717) is 6.04 Å². The van der Waals surface area contributed by atoms with Crippen molar-refractivity contribution in [1.29, 1.82) is 0 Å². The third-order valence-corrected chi connectivity index (χ3v) is 3.29. The summed E-state index contributed by atoms with van der Waals surface area (Å²) in [6.45, 7) is 6.72. The molecule has 0 aliphatic carbocycles. The zero-order valence-electron chi connectivity index (χ0n) is 11.4. The van der Waals surface area contributed by atoms with Gasteiger partial charge in [0, 0.05) is 25.3 Å². The van der Waals surface area contributed by atoms with Gasteiger partial charge in [-0.3, -0.25) is 0 Å². The van der Waals surface area contributed by atoms with Crippen LogP contribution in [0.1, 0.15) is 33.1 Å². The first-order valence-electron chi connectivity index (χ1n) is 6.77. The van der Waals surface area contributed by atoms with Gasteiger partial charge in [-0.1, -0.05) is 32.0 Å². The van der Waals surface area contributed by atoms with E-state index in [0.717, 1.165) is 13.1 Å². The van der Waals surface area contributed by atoms with Gasteiger partial charge in [0.25, 0.3) is 0 Å². The molecule has 1 N–H and O–H groups in total. The highest BCUT2D eigenvalue weighted by Crippen LogP contribution is 2.10. The molecule has 96 valence electrons. The molecule has 0 unspecified atom stereocenters. The Morgan fingerprint density at radius 1 is 1.12 bits per heavy atom. The van der Waals surface area contributed by atoms with Gasteiger partial charge in [-0.15, -0.1) is 0 Å². The maximum Gasteiger partial charge on any atom is 0.0363 e. The summed E-state index contributed by atoms with van der Waals surface area (Å²) >= 11 is 0. The van der Waals surface area contributed by atoms with E-state index in [2.05, 4.69) is 61.4 Å². The third kappa shape index (κ3) is 5.22. The predicted octanol–water partition coefficient (Wildman–Crippen LogP) is 3.29. The van der Waals surface area contributed by atoms with Gasteiger partial charge < -0.3 is 10.2 Å². The summed E-state index contributed by atoms with van der Waals surface area (Å²) in [6.07, 6.45) is 3.65. The first kappa shape index (κ1) is 14.0. The standard InChI is InChI=1S/C15H26N2/c1-4-14(5-2)16-12-9-13-17(3)15-10-7-6-8-11-15/h6-8,10-11,14,16H,4-5,9,12-13H2,1-3H3. The number of nitrogens with zero attached hydrogens (tertiary/aromatic N) is 1. The lowest BCUT2D eigenvalue weighted by Gasteiger charge is -2.20. The molecule has 0 aromatic heterocycles. The minimum Gasteiger partial charge on any atom is -0.375 e. The predicted molar refractivity (Wildman–Crippen MR) is 76.7 cm³/mol. The van der Waals surface area contributed by atoms with Crippen molar-refractivity contribution >= 4 is 5.69 Å². The minimum atomic E-state index is 0.692. The summed E-state index contributed by atoms with van der Waals surface area (Å²) in [5.74, 6) is 0. The third-order valence-electron chi connectivity index (χ3n) is 3.29. The van der Waals surface area contributed by atoms with Gasteiger partial charge in [-0.05, 0) is 37.9 Å². The van der Waals surface area contributed by atoms with Crippen LogP contribution in [-0.4, -0.2) is 26.2 Å². The summed E-state index contributed by atoms with van der Waals surface area (Å²) in [5, 5.41) is 3.60. The Hall–Kier alpha value is -1.02. The smallest absolute Gasteiger partial charge is 0.0363 e. The lowest BCUT2D eigenvalue weighted by Crippen LogP contribution is -2.31. The maximum atomic E-state index is 3.60. The topological polar surface area (TPSA) is 15.3 Å². The maximum absolute atomic E-state index is 3.60. The van der Waals surface area contributed by atoms with Crippen LogP contribution in [0.15, 0.2) is 30.3 Å². The van der Waals surface area contributed by atoms with E-state index in [1.54, 1.807) is 0 Å². The normalized spacial score (nSPS) is 10.8. The quantitative estimate of drug-likeness (QED) is 0.694. The Labute approximate surface area is 106 Å². The van der Waals surface area contributed by atoms with Gasteiger partial charge >= 0.3 is 0 Å². The van der Waals surface area contributed by atoms with E-state index < -0.39 is 0 Å². The number of nitrogens with one attached hydrogen (secondary N) is 1. The average Bonchev–Trinajstić information content (AvgIpc) is 2.40. The van der Waals surface area contributed by atoms with Gasteiger partial charge in [0.15, 0.2) is 0 Å². The van der Waals surface area contributed by atoms with Crippen LogP contribution < -0.4 is 10.2 Å². The van der Waals surface area contributed by atoms with E-state index in [1.165, 1.54) is 24.9 Å². The molecular formula is C15H26N2. The number of benzene rings is 1. The van der Waals surface area contributed by atoms with Gasteiger partial charge in [0.1, 0.15) is 0 Å². The fraction of sp³-hybridized carbons (Fsp3) is 0.600. The molecular weight excluding hydrogens is 208 g/mol. The molecule has 2 heteroatoms. The molecule has 17 heavy (non-hydrogen) atoms. The molecule has 0 amide bonds. The van der Waals surface area contributed by atoms with E-state index >= 15 is 0 Å². The molecule has 0 bridgehead atoms. The molecule has 0 radical (unpaired) electrons. The van der Waals surface area contributed by atoms with Crippen molar-refractivity contribution < 1.29 is 0 Å². The molecule has 0 saturated carbocycles. The van der Waals surface area contributed by atoms with Crippen molar-refractivity contribution in [3.05, 3.63) is 30.3 Å². The molecule has 1 aromatic rings. The molecule has 0 aliphatic rings. The van der Waals surface area contributed by atoms with Crippen LogP contribution in [-0.2, 0) is 0 Å². The van der Waals surface area contributed by atoms with Gasteiger partial charge in [0.2, 0.25) is 0 Å². The Morgan fingerprint density at radius 3 is 2.35 bits per heavy atom. The van der Waals surface area contributed by atoms with Crippen molar-refractivity contribution in [3.63, 3.8) is 0 Å². The minimum absolute atomic E-state index is 0.692. The van der Waals surface area contributed by atoms with Crippen molar-refractivity contribution in [3.8, 4) is 0 Å². The average molecular weight is 234 g/mol. The van der Waals surface area contributed by atoms with Crippen LogP contribution in [0, 0.1) is 0 Å². The molecule has 0 atom stereocenters. The number of rotatable bonds is 8. The second-order valence-electron chi connectivity index (χ2n) is 4.58. The fourth-order valence-corrected chi connectivity index (χ4v) is 2.01. The van der Waals surface area contributed by atoms with Crippen LogP contribution in [0.25, 0.3) is 0 Å². The first-order valence-corrected chi connectivity index (χ1v) is 6.77. The second-order valence-corrected chi connectivity index (χ2v) is 4.58. The van der Waals surface area contributed by atoms with Crippen LogP contribution in [0.4, 0.5) is 5.69 Å². The van der Waals surface area contributed by atoms with Crippen LogP contribution in [0.2, 0.25) is 0 Å². The first-order chi connectivity index (χ1) is 8.27. The Morgan fingerprint density at radius 2 is 1.76 bits per heavy atom. The monoisotopic (exact) mass is 234 g/mol. The lowest BCUT2D eigenvalue weighted by molar-refractivity contribution is 0.479. The summed E-state index contributed by atoms with van der Waals surface area (Å²) in [5.41, 5.74) is 1.30. The van der Waals surface area contributed by atoms with E-state index in [1.807, 2.05) is 0 Å². The van der Waals surface area contributed by atoms with Gasteiger partial charge in [0.05, 0.1) is 0 Å². The van der Waals surface area contributed by atoms with Crippen LogP contribution in [0.5, 0.6) is 0 Å². The van der Waals surface area contributed by atoms with Crippen LogP contribution >= 0.6 is 0 Å². The summed E-state index contributed by atoms with van der Waals surface area (Å²) in [6, 6.07) is 11.3. The zero-order chi connectivity index (χ0) is 12.5. The summed E-state index contributed by atoms with van der Waals surface area (Å²) in [4.78, 5) is 2.31. The largest absolute Gasteiger partial charge is 0.375 e. The lowest BCUT2D eigenvalue weighted by atomic mass is 10.2. The van der Waals surface area contributed by atoms with Crippen molar-refractivity contribution in [2.24, 2.45) is 0 Å². The summed E-state index contributed by atoms with van der Waals surface area (Å²) < 4.78 is 0. The second kappa shape index (κ2) is 8.13. The van der Waals surface area contributed by atoms with Crippen LogP contribution in [0.3, 0.4) is 0 Å². The molecule has 0 fully saturated rings. The number of hydrogen-bond donors (Lipinski definition) is 1. The molecule has 2 nitrogen and oxygen atoms in total. The van der Waals surface area contributed by atoms with Crippen molar-refractivity contribution in [1.82, 2.24) is 5.32 Å². The molecule has 0 heterocycles. The Kier molecular flexibility index (Phi) is 6.71.